The van der Waals surface area contributed by atoms with Gasteiger partial charge >= 0.3 is 0 Å². The van der Waals surface area contributed by atoms with E-state index in [1.165, 1.54) is 37.2 Å². The Bertz CT molecular complexity index is 335. The van der Waals surface area contributed by atoms with E-state index in [1.807, 2.05) is 0 Å². The van der Waals surface area contributed by atoms with Gasteiger partial charge < -0.3 is 4.90 Å². The second-order valence-electron chi connectivity index (χ2n) is 4.10. The fourth-order valence-corrected chi connectivity index (χ4v) is 2.05. The van der Waals surface area contributed by atoms with Crippen molar-refractivity contribution < 1.29 is 0 Å². The number of benzene rings is 1. The third kappa shape index (κ3) is 2.62. The lowest BCUT2D eigenvalue weighted by atomic mass is 10.1. The monoisotopic (exact) mass is 201 g/mol. The van der Waals surface area contributed by atoms with Crippen molar-refractivity contribution >= 4 is 11.8 Å². The maximum atomic E-state index is 2.48. The highest BCUT2D eigenvalue weighted by Gasteiger charge is 2.11. The van der Waals surface area contributed by atoms with Gasteiger partial charge in [-0.1, -0.05) is 31.2 Å². The van der Waals surface area contributed by atoms with Gasteiger partial charge in [0.15, 0.2) is 0 Å². The molecule has 1 aliphatic heterocycles. The summed E-state index contributed by atoms with van der Waals surface area (Å²) in [6.07, 6.45) is 8.21. The van der Waals surface area contributed by atoms with Gasteiger partial charge in [-0.15, -0.1) is 0 Å². The summed E-state index contributed by atoms with van der Waals surface area (Å²) in [7, 11) is 0. The van der Waals surface area contributed by atoms with E-state index in [-0.39, 0.29) is 0 Å². The molecular weight excluding hydrogens is 182 g/mol. The molecule has 0 aliphatic carbocycles. The van der Waals surface area contributed by atoms with E-state index in [1.54, 1.807) is 0 Å². The second-order valence-corrected chi connectivity index (χ2v) is 4.10. The van der Waals surface area contributed by atoms with Crippen LogP contribution in [0.1, 0.15) is 31.7 Å². The standard InChI is InChI=1S/C14H19N/c1-2-3-7-13-8-6-9-14(12-13)15-10-4-5-11-15/h3,6-9,12H,2,4-5,10-11H2,1H3. The van der Waals surface area contributed by atoms with Crippen molar-refractivity contribution in [3.63, 3.8) is 0 Å². The Balaban J connectivity index is 2.14. The van der Waals surface area contributed by atoms with E-state index >= 15 is 0 Å². The molecule has 1 saturated heterocycles. The Morgan fingerprint density at radius 1 is 1.27 bits per heavy atom. The van der Waals surface area contributed by atoms with Crippen LogP contribution in [0.2, 0.25) is 0 Å². The van der Waals surface area contributed by atoms with Crippen LogP contribution in [0.5, 0.6) is 0 Å². The molecule has 0 atom stereocenters. The number of anilines is 1. The maximum Gasteiger partial charge on any atom is 0.0372 e. The summed E-state index contributed by atoms with van der Waals surface area (Å²) in [6.45, 7) is 4.61. The minimum absolute atomic E-state index is 1.11. The first-order valence-electron chi connectivity index (χ1n) is 5.91. The molecule has 0 spiro atoms. The predicted molar refractivity (Wildman–Crippen MR) is 67.2 cm³/mol. The van der Waals surface area contributed by atoms with Crippen LogP contribution in [-0.2, 0) is 0 Å². The fourth-order valence-electron chi connectivity index (χ4n) is 2.05. The van der Waals surface area contributed by atoms with Crippen molar-refractivity contribution in [2.75, 3.05) is 18.0 Å². The second kappa shape index (κ2) is 5.01. The van der Waals surface area contributed by atoms with Gasteiger partial charge in [-0.2, -0.15) is 0 Å². The van der Waals surface area contributed by atoms with Gasteiger partial charge in [0.2, 0.25) is 0 Å². The molecule has 1 fully saturated rings. The van der Waals surface area contributed by atoms with Crippen LogP contribution in [0, 0.1) is 0 Å². The van der Waals surface area contributed by atoms with Gasteiger partial charge in [-0.05, 0) is 37.0 Å². The summed E-state index contributed by atoms with van der Waals surface area (Å²) >= 11 is 0. The zero-order valence-electron chi connectivity index (χ0n) is 9.45. The van der Waals surface area contributed by atoms with Crippen molar-refractivity contribution in [3.8, 4) is 0 Å². The molecule has 0 saturated carbocycles. The highest BCUT2D eigenvalue weighted by Crippen LogP contribution is 2.21. The van der Waals surface area contributed by atoms with Gasteiger partial charge in [-0.3, -0.25) is 0 Å². The van der Waals surface area contributed by atoms with Crippen LogP contribution in [0.25, 0.3) is 6.08 Å². The molecule has 1 aromatic carbocycles. The van der Waals surface area contributed by atoms with Gasteiger partial charge in [0.1, 0.15) is 0 Å². The molecule has 2 rings (SSSR count). The van der Waals surface area contributed by atoms with Crippen molar-refractivity contribution in [1.29, 1.82) is 0 Å². The third-order valence-corrected chi connectivity index (χ3v) is 2.89. The lowest BCUT2D eigenvalue weighted by Gasteiger charge is -2.17. The third-order valence-electron chi connectivity index (χ3n) is 2.89. The zero-order chi connectivity index (χ0) is 10.5. The molecule has 1 aliphatic rings. The van der Waals surface area contributed by atoms with E-state index in [9.17, 15) is 0 Å². The predicted octanol–water partition coefficient (Wildman–Crippen LogP) is 3.71. The summed E-state index contributed by atoms with van der Waals surface area (Å²) < 4.78 is 0. The molecule has 80 valence electrons. The van der Waals surface area contributed by atoms with Crippen LogP contribution in [0.4, 0.5) is 5.69 Å². The molecule has 0 amide bonds. The molecule has 0 aromatic heterocycles. The Kier molecular flexibility index (Phi) is 3.44. The highest BCUT2D eigenvalue weighted by atomic mass is 15.1. The first-order chi connectivity index (χ1) is 7.40. The first-order valence-corrected chi connectivity index (χ1v) is 5.91. The molecule has 0 bridgehead atoms. The van der Waals surface area contributed by atoms with Crippen molar-refractivity contribution in [2.24, 2.45) is 0 Å². The molecule has 1 heteroatoms. The van der Waals surface area contributed by atoms with E-state index < -0.39 is 0 Å². The van der Waals surface area contributed by atoms with E-state index in [4.69, 9.17) is 0 Å². The maximum absolute atomic E-state index is 2.48. The summed E-state index contributed by atoms with van der Waals surface area (Å²) in [5.74, 6) is 0. The highest BCUT2D eigenvalue weighted by molar-refractivity contribution is 5.58. The number of allylic oxidation sites excluding steroid dienone is 1. The van der Waals surface area contributed by atoms with Crippen LogP contribution >= 0.6 is 0 Å². The summed E-state index contributed by atoms with van der Waals surface area (Å²) in [5, 5.41) is 0. The Morgan fingerprint density at radius 2 is 2.07 bits per heavy atom. The molecule has 1 heterocycles. The Labute approximate surface area is 92.4 Å². The minimum atomic E-state index is 1.11. The normalized spacial score (nSPS) is 16.5. The van der Waals surface area contributed by atoms with Crippen molar-refractivity contribution in [3.05, 3.63) is 35.9 Å². The lowest BCUT2D eigenvalue weighted by molar-refractivity contribution is 0.949. The average molecular weight is 201 g/mol. The van der Waals surface area contributed by atoms with Gasteiger partial charge in [0, 0.05) is 18.8 Å². The number of hydrogen-bond donors (Lipinski definition) is 0. The summed E-state index contributed by atoms with van der Waals surface area (Å²) in [5.41, 5.74) is 2.70. The van der Waals surface area contributed by atoms with E-state index in [0.717, 1.165) is 6.42 Å². The Hall–Kier alpha value is -1.24. The average Bonchev–Trinajstić information content (AvgIpc) is 2.80. The van der Waals surface area contributed by atoms with Gasteiger partial charge in [-0.25, -0.2) is 0 Å². The molecule has 0 N–H and O–H groups in total. The van der Waals surface area contributed by atoms with Crippen LogP contribution < -0.4 is 4.90 Å². The largest absolute Gasteiger partial charge is 0.372 e. The molecule has 15 heavy (non-hydrogen) atoms. The van der Waals surface area contributed by atoms with Crippen LogP contribution in [0.3, 0.4) is 0 Å². The lowest BCUT2D eigenvalue weighted by Crippen LogP contribution is -2.17. The summed E-state index contributed by atoms with van der Waals surface area (Å²) in [4.78, 5) is 2.48. The molecule has 1 nitrogen and oxygen atoms in total. The molecular formula is C14H19N. The minimum Gasteiger partial charge on any atom is -0.372 e. The van der Waals surface area contributed by atoms with Crippen LogP contribution in [0.15, 0.2) is 30.3 Å². The molecule has 0 unspecified atom stereocenters. The molecule has 0 radical (unpaired) electrons. The Morgan fingerprint density at radius 3 is 2.80 bits per heavy atom. The van der Waals surface area contributed by atoms with Crippen molar-refractivity contribution in [2.45, 2.75) is 26.2 Å². The number of hydrogen-bond acceptors (Lipinski definition) is 1. The topological polar surface area (TPSA) is 3.24 Å². The zero-order valence-corrected chi connectivity index (χ0v) is 9.45. The van der Waals surface area contributed by atoms with Gasteiger partial charge in [0.25, 0.3) is 0 Å². The van der Waals surface area contributed by atoms with Crippen molar-refractivity contribution in [1.82, 2.24) is 0 Å². The number of rotatable bonds is 3. The van der Waals surface area contributed by atoms with E-state index in [2.05, 4.69) is 48.2 Å². The fraction of sp³-hybridized carbons (Fsp3) is 0.429. The quantitative estimate of drug-likeness (QED) is 0.720. The van der Waals surface area contributed by atoms with E-state index in [0.29, 0.717) is 0 Å². The first kappa shape index (κ1) is 10.3. The molecule has 1 aromatic rings. The van der Waals surface area contributed by atoms with Gasteiger partial charge in [0.05, 0.1) is 0 Å². The smallest absolute Gasteiger partial charge is 0.0372 e. The number of nitrogens with zero attached hydrogens (tertiary/aromatic N) is 1. The van der Waals surface area contributed by atoms with Crippen LogP contribution in [-0.4, -0.2) is 13.1 Å². The summed E-state index contributed by atoms with van der Waals surface area (Å²) in [6, 6.07) is 8.83. The SMILES string of the molecule is CCC=Cc1cccc(N2CCCC2)c1.